The second-order valence-electron chi connectivity index (χ2n) is 6.90. The number of hydrogen-bond donors (Lipinski definition) is 0. The molecule has 0 aromatic heterocycles. The zero-order chi connectivity index (χ0) is 21.1. The van der Waals surface area contributed by atoms with Gasteiger partial charge in [0.25, 0.3) is 11.8 Å². The molecule has 1 aliphatic heterocycles. The van der Waals surface area contributed by atoms with Crippen molar-refractivity contribution in [2.45, 2.75) is 13.8 Å². The smallest absolute Gasteiger partial charge is 0.277 e. The van der Waals surface area contributed by atoms with Gasteiger partial charge in [-0.1, -0.05) is 37.6 Å². The number of nitrogens with zero attached hydrogens (tertiary/aromatic N) is 1. The van der Waals surface area contributed by atoms with E-state index in [2.05, 4.69) is 13.8 Å². The summed E-state index contributed by atoms with van der Waals surface area (Å²) >= 11 is 6.28. The highest BCUT2D eigenvalue weighted by atomic mass is 35.5. The van der Waals surface area contributed by atoms with Gasteiger partial charge >= 0.3 is 0 Å². The van der Waals surface area contributed by atoms with Gasteiger partial charge in [-0.2, -0.15) is 0 Å². The van der Waals surface area contributed by atoms with Crippen LogP contribution in [0.4, 0.5) is 5.69 Å². The highest BCUT2D eigenvalue weighted by molar-refractivity contribution is 6.60. The lowest BCUT2D eigenvalue weighted by Crippen LogP contribution is -2.31. The van der Waals surface area contributed by atoms with E-state index >= 15 is 0 Å². The van der Waals surface area contributed by atoms with Crippen LogP contribution >= 0.6 is 11.6 Å². The van der Waals surface area contributed by atoms with Crippen molar-refractivity contribution in [3.8, 4) is 17.2 Å². The Balaban J connectivity index is 1.94. The first-order valence-electron chi connectivity index (χ1n) is 9.11. The van der Waals surface area contributed by atoms with E-state index in [9.17, 15) is 9.59 Å². The van der Waals surface area contributed by atoms with Crippen molar-refractivity contribution in [3.05, 3.63) is 53.1 Å². The fourth-order valence-corrected chi connectivity index (χ4v) is 3.20. The molecule has 1 heterocycles. The topological polar surface area (TPSA) is 65.1 Å². The van der Waals surface area contributed by atoms with E-state index in [0.29, 0.717) is 35.3 Å². The molecule has 6 nitrogen and oxygen atoms in total. The lowest BCUT2D eigenvalue weighted by atomic mass is 10.1. The highest BCUT2D eigenvalue weighted by Gasteiger charge is 2.40. The monoisotopic (exact) mass is 415 g/mol. The van der Waals surface area contributed by atoms with Crippen LogP contribution in [0, 0.1) is 5.92 Å². The zero-order valence-electron chi connectivity index (χ0n) is 16.7. The summed E-state index contributed by atoms with van der Waals surface area (Å²) in [5, 5.41) is -0.143. The van der Waals surface area contributed by atoms with Crippen LogP contribution in [0.2, 0.25) is 0 Å². The molecule has 0 N–H and O–H groups in total. The second kappa shape index (κ2) is 8.57. The Morgan fingerprint density at radius 1 is 0.931 bits per heavy atom. The third-order valence-corrected chi connectivity index (χ3v) is 4.73. The van der Waals surface area contributed by atoms with Gasteiger partial charge in [0, 0.05) is 6.07 Å². The van der Waals surface area contributed by atoms with E-state index in [-0.39, 0.29) is 16.3 Å². The molecule has 0 aliphatic carbocycles. The van der Waals surface area contributed by atoms with Crippen LogP contribution in [0.1, 0.15) is 19.4 Å². The largest absolute Gasteiger partial charge is 0.497 e. The number of carbonyl (C=O) groups excluding carboxylic acids is 2. The first-order valence-corrected chi connectivity index (χ1v) is 9.49. The van der Waals surface area contributed by atoms with Crippen molar-refractivity contribution >= 4 is 34.7 Å². The van der Waals surface area contributed by atoms with E-state index in [1.54, 1.807) is 42.5 Å². The van der Waals surface area contributed by atoms with E-state index in [4.69, 9.17) is 25.8 Å². The molecule has 7 heteroatoms. The molecule has 2 amide bonds. The van der Waals surface area contributed by atoms with Gasteiger partial charge in [0.1, 0.15) is 22.3 Å². The standard InChI is InChI=1S/C22H22ClNO5/c1-13(2)12-29-15-7-5-14(6-8-15)19-20(23)22(26)24(21(19)25)17-11-16(27-3)9-10-18(17)28-4/h5-11,13H,12H2,1-4H3. The average Bonchev–Trinajstić information content (AvgIpc) is 2.94. The molecular formula is C22H22ClNO5. The first kappa shape index (κ1) is 20.7. The third-order valence-electron chi connectivity index (χ3n) is 4.38. The molecule has 152 valence electrons. The molecule has 2 aromatic carbocycles. The van der Waals surface area contributed by atoms with Gasteiger partial charge < -0.3 is 14.2 Å². The molecule has 0 spiro atoms. The van der Waals surface area contributed by atoms with Gasteiger partial charge in [-0.05, 0) is 35.7 Å². The Bertz CT molecular complexity index is 966. The number of methoxy groups -OCH3 is 2. The van der Waals surface area contributed by atoms with Crippen molar-refractivity contribution in [2.75, 3.05) is 25.7 Å². The van der Waals surface area contributed by atoms with Crippen LogP contribution in [0.25, 0.3) is 5.57 Å². The lowest BCUT2D eigenvalue weighted by Gasteiger charge is -2.19. The Morgan fingerprint density at radius 3 is 2.17 bits per heavy atom. The minimum atomic E-state index is -0.613. The van der Waals surface area contributed by atoms with Crippen LogP contribution in [0.3, 0.4) is 0 Å². The Morgan fingerprint density at radius 2 is 1.59 bits per heavy atom. The summed E-state index contributed by atoms with van der Waals surface area (Å²) in [5.41, 5.74) is 0.943. The van der Waals surface area contributed by atoms with Crippen molar-refractivity contribution in [3.63, 3.8) is 0 Å². The molecule has 0 bridgehead atoms. The molecule has 1 aliphatic rings. The van der Waals surface area contributed by atoms with E-state index < -0.39 is 11.8 Å². The normalized spacial score (nSPS) is 14.1. The molecule has 0 saturated heterocycles. The van der Waals surface area contributed by atoms with Crippen molar-refractivity contribution in [1.29, 1.82) is 0 Å². The van der Waals surface area contributed by atoms with Gasteiger partial charge in [-0.15, -0.1) is 0 Å². The van der Waals surface area contributed by atoms with Gasteiger partial charge in [0.15, 0.2) is 0 Å². The van der Waals surface area contributed by atoms with Gasteiger partial charge in [-0.3, -0.25) is 9.59 Å². The molecular weight excluding hydrogens is 394 g/mol. The molecule has 29 heavy (non-hydrogen) atoms. The summed E-state index contributed by atoms with van der Waals surface area (Å²) in [4.78, 5) is 26.9. The number of anilines is 1. The van der Waals surface area contributed by atoms with Gasteiger partial charge in [-0.25, -0.2) is 4.90 Å². The summed E-state index contributed by atoms with van der Waals surface area (Å²) in [6.07, 6.45) is 0. The Kier molecular flexibility index (Phi) is 6.13. The summed E-state index contributed by atoms with van der Waals surface area (Å²) in [6, 6.07) is 11.8. The van der Waals surface area contributed by atoms with E-state index in [0.717, 1.165) is 4.90 Å². The fraction of sp³-hybridized carbons (Fsp3) is 0.273. The number of rotatable bonds is 7. The zero-order valence-corrected chi connectivity index (χ0v) is 17.4. The van der Waals surface area contributed by atoms with Crippen LogP contribution in [-0.4, -0.2) is 32.6 Å². The van der Waals surface area contributed by atoms with Gasteiger partial charge in [0.05, 0.1) is 32.1 Å². The van der Waals surface area contributed by atoms with Crippen LogP contribution < -0.4 is 19.1 Å². The van der Waals surface area contributed by atoms with Crippen LogP contribution in [-0.2, 0) is 9.59 Å². The maximum atomic E-state index is 13.1. The van der Waals surface area contributed by atoms with E-state index in [1.807, 2.05) is 0 Å². The summed E-state index contributed by atoms with van der Waals surface area (Å²) in [5.74, 6) is 0.781. The maximum absolute atomic E-state index is 13.1. The highest BCUT2D eigenvalue weighted by Crippen LogP contribution is 2.40. The number of amides is 2. The predicted octanol–water partition coefficient (Wildman–Crippen LogP) is 4.26. The van der Waals surface area contributed by atoms with E-state index in [1.165, 1.54) is 14.2 Å². The van der Waals surface area contributed by atoms with Crippen LogP contribution in [0.5, 0.6) is 17.2 Å². The number of carbonyl (C=O) groups is 2. The van der Waals surface area contributed by atoms with Crippen molar-refractivity contribution in [2.24, 2.45) is 5.92 Å². The molecule has 0 saturated carbocycles. The Hall–Kier alpha value is -2.99. The quantitative estimate of drug-likeness (QED) is 0.632. The number of benzene rings is 2. The third kappa shape index (κ3) is 4.07. The first-order chi connectivity index (χ1) is 13.9. The maximum Gasteiger partial charge on any atom is 0.277 e. The summed E-state index contributed by atoms with van der Waals surface area (Å²) < 4.78 is 16.2. The molecule has 3 rings (SSSR count). The minimum absolute atomic E-state index is 0.136. The number of hydrogen-bond acceptors (Lipinski definition) is 5. The Labute approximate surface area is 174 Å². The lowest BCUT2D eigenvalue weighted by molar-refractivity contribution is -0.119. The molecule has 2 aromatic rings. The number of halogens is 1. The second-order valence-corrected chi connectivity index (χ2v) is 7.28. The summed E-state index contributed by atoms with van der Waals surface area (Å²) in [7, 11) is 2.96. The minimum Gasteiger partial charge on any atom is -0.497 e. The molecule has 0 fully saturated rings. The number of imide groups is 1. The van der Waals surface area contributed by atoms with Crippen molar-refractivity contribution < 1.29 is 23.8 Å². The molecule has 0 radical (unpaired) electrons. The van der Waals surface area contributed by atoms with Crippen LogP contribution in [0.15, 0.2) is 47.5 Å². The SMILES string of the molecule is COc1ccc(OC)c(N2C(=O)C(Cl)=C(c3ccc(OCC(C)C)cc3)C2=O)c1. The van der Waals surface area contributed by atoms with Gasteiger partial charge in [0.2, 0.25) is 0 Å². The summed E-state index contributed by atoms with van der Waals surface area (Å²) in [6.45, 7) is 4.70. The fourth-order valence-electron chi connectivity index (χ4n) is 2.92. The number of ether oxygens (including phenoxy) is 3. The molecule has 0 unspecified atom stereocenters. The van der Waals surface area contributed by atoms with Crippen molar-refractivity contribution in [1.82, 2.24) is 0 Å². The predicted molar refractivity (Wildman–Crippen MR) is 112 cm³/mol. The average molecular weight is 416 g/mol. The molecule has 0 atom stereocenters.